The van der Waals surface area contributed by atoms with E-state index in [9.17, 15) is 0 Å². The summed E-state index contributed by atoms with van der Waals surface area (Å²) in [5.41, 5.74) is 0.280. The number of pyridine rings is 1. The lowest BCUT2D eigenvalue weighted by atomic mass is 10.2. The highest BCUT2D eigenvalue weighted by atomic mass is 16.5. The molecule has 0 saturated carbocycles. The number of ether oxygens (including phenoxy) is 2. The largest absolute Gasteiger partial charge is 0.495 e. The second-order valence-electron chi connectivity index (χ2n) is 3.14. The Kier molecular flexibility index (Phi) is 3.22. The van der Waals surface area contributed by atoms with Crippen molar-refractivity contribution in [2.75, 3.05) is 7.11 Å². The highest BCUT2D eigenvalue weighted by Crippen LogP contribution is 2.28. The summed E-state index contributed by atoms with van der Waals surface area (Å²) in [5.74, 6) is 1.28. The van der Waals surface area contributed by atoms with E-state index in [2.05, 4.69) is 11.1 Å². The molecule has 0 aliphatic rings. The second kappa shape index (κ2) is 4.99. The van der Waals surface area contributed by atoms with E-state index >= 15 is 0 Å². The van der Waals surface area contributed by atoms with Crippen molar-refractivity contribution in [2.24, 2.45) is 0 Å². The third-order valence-corrected chi connectivity index (χ3v) is 2.11. The minimum absolute atomic E-state index is 0.234. The van der Waals surface area contributed by atoms with Crippen molar-refractivity contribution in [3.63, 3.8) is 0 Å². The monoisotopic (exact) mass is 225 g/mol. The summed E-state index contributed by atoms with van der Waals surface area (Å²) < 4.78 is 10.6. The summed E-state index contributed by atoms with van der Waals surface area (Å²) in [6.07, 6.45) is 1.53. The number of hydrogen-bond donors (Lipinski definition) is 0. The number of rotatable bonds is 3. The molecule has 2 aromatic rings. The number of hydrogen-bond acceptors (Lipinski definition) is 4. The Morgan fingerprint density at radius 3 is 2.71 bits per heavy atom. The third kappa shape index (κ3) is 2.34. The maximum Gasteiger partial charge on any atom is 0.241 e. The van der Waals surface area contributed by atoms with Crippen molar-refractivity contribution in [1.29, 1.82) is 5.26 Å². The molecule has 1 radical (unpaired) electrons. The zero-order chi connectivity index (χ0) is 12.1. The molecule has 0 amide bonds. The standard InChI is InChI=1S/C13H9N2O2/c1-16-12-7-8-15-13(11(12)9-14)17-10-5-3-2-4-6-10/h3-8H,1H3. The van der Waals surface area contributed by atoms with Gasteiger partial charge < -0.3 is 9.47 Å². The molecule has 0 aliphatic carbocycles. The van der Waals surface area contributed by atoms with E-state index in [4.69, 9.17) is 14.7 Å². The first-order valence-electron chi connectivity index (χ1n) is 4.92. The van der Waals surface area contributed by atoms with Crippen LogP contribution in [0.5, 0.6) is 17.4 Å². The van der Waals surface area contributed by atoms with Crippen LogP contribution in [0.2, 0.25) is 0 Å². The molecular formula is C13H9N2O2. The van der Waals surface area contributed by atoms with Gasteiger partial charge in [0.25, 0.3) is 0 Å². The van der Waals surface area contributed by atoms with Gasteiger partial charge in [-0.3, -0.25) is 0 Å². The first kappa shape index (κ1) is 11.0. The van der Waals surface area contributed by atoms with Gasteiger partial charge in [-0.2, -0.15) is 5.26 Å². The highest BCUT2D eigenvalue weighted by Gasteiger charge is 2.11. The van der Waals surface area contributed by atoms with Crippen LogP contribution in [0, 0.1) is 17.4 Å². The molecule has 0 aliphatic heterocycles. The van der Waals surface area contributed by atoms with Gasteiger partial charge in [-0.15, -0.1) is 0 Å². The molecule has 0 bridgehead atoms. The maximum atomic E-state index is 9.05. The van der Waals surface area contributed by atoms with Gasteiger partial charge in [0.1, 0.15) is 17.6 Å². The van der Waals surface area contributed by atoms with Gasteiger partial charge in [0.2, 0.25) is 5.88 Å². The number of nitrogens with zero attached hydrogens (tertiary/aromatic N) is 2. The molecule has 0 unspecified atom stereocenters. The summed E-state index contributed by atoms with van der Waals surface area (Å²) in [4.78, 5) is 4.02. The van der Waals surface area contributed by atoms with Crippen LogP contribution in [0.25, 0.3) is 0 Å². The molecule has 0 saturated heterocycles. The van der Waals surface area contributed by atoms with Crippen LogP contribution in [-0.4, -0.2) is 12.1 Å². The predicted octanol–water partition coefficient (Wildman–Crippen LogP) is 2.55. The molecule has 4 nitrogen and oxygen atoms in total. The number of methoxy groups -OCH3 is 1. The summed E-state index contributed by atoms with van der Waals surface area (Å²) >= 11 is 0. The Balaban J connectivity index is 2.37. The van der Waals surface area contributed by atoms with Gasteiger partial charge in [-0.25, -0.2) is 4.98 Å². The fourth-order valence-electron chi connectivity index (χ4n) is 1.33. The molecule has 1 aromatic carbocycles. The summed E-state index contributed by atoms with van der Waals surface area (Å²) in [6.45, 7) is 0. The van der Waals surface area contributed by atoms with Crippen molar-refractivity contribution in [2.45, 2.75) is 0 Å². The zero-order valence-corrected chi connectivity index (χ0v) is 9.18. The summed E-state index contributed by atoms with van der Waals surface area (Å²) in [6, 6.07) is 13.4. The van der Waals surface area contributed by atoms with Crippen LogP contribution in [0.3, 0.4) is 0 Å². The van der Waals surface area contributed by atoms with Crippen LogP contribution in [0.4, 0.5) is 0 Å². The minimum atomic E-state index is 0.234. The number of nitriles is 1. The van der Waals surface area contributed by atoms with Gasteiger partial charge in [0, 0.05) is 12.3 Å². The number of aromatic nitrogens is 1. The van der Waals surface area contributed by atoms with Crippen molar-refractivity contribution < 1.29 is 9.47 Å². The highest BCUT2D eigenvalue weighted by molar-refractivity contribution is 5.50. The van der Waals surface area contributed by atoms with Gasteiger partial charge in [-0.1, -0.05) is 12.1 Å². The summed E-state index contributed by atoms with van der Waals surface area (Å²) in [5, 5.41) is 9.05. The Hall–Kier alpha value is -2.54. The van der Waals surface area contributed by atoms with Crippen LogP contribution in [0.1, 0.15) is 5.56 Å². The molecule has 83 valence electrons. The van der Waals surface area contributed by atoms with Crippen molar-refractivity contribution >= 4 is 0 Å². The van der Waals surface area contributed by atoms with Crippen molar-refractivity contribution in [3.8, 4) is 23.4 Å². The topological polar surface area (TPSA) is 55.1 Å². The average Bonchev–Trinajstić information content (AvgIpc) is 2.39. The maximum absolute atomic E-state index is 9.05. The SMILES string of the molecule is COc1ccnc(Oc2cc[c]cc2)c1C#N. The van der Waals surface area contributed by atoms with Gasteiger partial charge in [-0.05, 0) is 18.2 Å². The van der Waals surface area contributed by atoms with Gasteiger partial charge in [0.05, 0.1) is 7.11 Å². The quantitative estimate of drug-likeness (QED) is 0.805. The number of benzene rings is 1. The Morgan fingerprint density at radius 1 is 1.29 bits per heavy atom. The smallest absolute Gasteiger partial charge is 0.241 e. The molecule has 1 aromatic heterocycles. The summed E-state index contributed by atoms with van der Waals surface area (Å²) in [7, 11) is 1.50. The van der Waals surface area contributed by atoms with Crippen molar-refractivity contribution in [3.05, 3.63) is 48.2 Å². The average molecular weight is 225 g/mol. The Labute approximate surface area is 99.1 Å². The van der Waals surface area contributed by atoms with E-state index in [-0.39, 0.29) is 11.4 Å². The van der Waals surface area contributed by atoms with E-state index < -0.39 is 0 Å². The molecule has 1 heterocycles. The molecule has 17 heavy (non-hydrogen) atoms. The molecule has 0 fully saturated rings. The van der Waals surface area contributed by atoms with E-state index in [1.165, 1.54) is 13.3 Å². The third-order valence-electron chi connectivity index (χ3n) is 2.11. The fourth-order valence-corrected chi connectivity index (χ4v) is 1.33. The van der Waals surface area contributed by atoms with E-state index in [0.717, 1.165) is 0 Å². The first-order valence-corrected chi connectivity index (χ1v) is 4.92. The Bertz CT molecular complexity index is 547. The first-order chi connectivity index (χ1) is 8.35. The lowest BCUT2D eigenvalue weighted by Crippen LogP contribution is -1.95. The van der Waals surface area contributed by atoms with Crippen LogP contribution < -0.4 is 9.47 Å². The fraction of sp³-hybridized carbons (Fsp3) is 0.0769. The van der Waals surface area contributed by atoms with E-state index in [1.807, 2.05) is 6.07 Å². The normalized spacial score (nSPS) is 9.41. The van der Waals surface area contributed by atoms with Gasteiger partial charge >= 0.3 is 0 Å². The van der Waals surface area contributed by atoms with Crippen LogP contribution in [0.15, 0.2) is 36.5 Å². The van der Waals surface area contributed by atoms with Crippen molar-refractivity contribution in [1.82, 2.24) is 4.98 Å². The lowest BCUT2D eigenvalue weighted by molar-refractivity contribution is 0.403. The van der Waals surface area contributed by atoms with Gasteiger partial charge in [0.15, 0.2) is 5.56 Å². The van der Waals surface area contributed by atoms with E-state index in [0.29, 0.717) is 11.5 Å². The molecule has 2 rings (SSSR count). The lowest BCUT2D eigenvalue weighted by Gasteiger charge is -2.08. The molecule has 4 heteroatoms. The second-order valence-corrected chi connectivity index (χ2v) is 3.14. The Morgan fingerprint density at radius 2 is 2.06 bits per heavy atom. The zero-order valence-electron chi connectivity index (χ0n) is 9.18. The van der Waals surface area contributed by atoms with Crippen LogP contribution in [-0.2, 0) is 0 Å². The predicted molar refractivity (Wildman–Crippen MR) is 60.9 cm³/mol. The molecule has 0 atom stereocenters. The molecular weight excluding hydrogens is 216 g/mol. The van der Waals surface area contributed by atoms with E-state index in [1.54, 1.807) is 30.3 Å². The minimum Gasteiger partial charge on any atom is -0.495 e. The molecule has 0 spiro atoms. The van der Waals surface area contributed by atoms with Crippen LogP contribution >= 0.6 is 0 Å². The molecule has 0 N–H and O–H groups in total.